The van der Waals surface area contributed by atoms with E-state index in [1.807, 2.05) is 134 Å². The van der Waals surface area contributed by atoms with Gasteiger partial charge in [-0.2, -0.15) is 0 Å². The Morgan fingerprint density at radius 3 is 1.02 bits per heavy atom. The molecule has 0 aliphatic rings. The van der Waals surface area contributed by atoms with Gasteiger partial charge in [0.15, 0.2) is 0 Å². The van der Waals surface area contributed by atoms with E-state index in [2.05, 4.69) is 61.9 Å². The summed E-state index contributed by atoms with van der Waals surface area (Å²) in [6.07, 6.45) is 18.9. The van der Waals surface area contributed by atoms with Gasteiger partial charge in [0.2, 0.25) is 0 Å². The van der Waals surface area contributed by atoms with Crippen molar-refractivity contribution < 1.29 is 18.9 Å². The number of hydrogen-bond donors (Lipinski definition) is 0. The highest BCUT2D eigenvalue weighted by molar-refractivity contribution is 5.82. The van der Waals surface area contributed by atoms with Crippen molar-refractivity contribution in [1.82, 2.24) is 0 Å². The predicted octanol–water partition coefficient (Wildman–Crippen LogP) is 16.6. The van der Waals surface area contributed by atoms with Gasteiger partial charge in [-0.05, 0) is 156 Å². The summed E-state index contributed by atoms with van der Waals surface area (Å²) in [4.78, 5) is 9.31. The van der Waals surface area contributed by atoms with Crippen LogP contribution >= 0.6 is 0 Å². The third kappa shape index (κ3) is 15.6. The lowest BCUT2D eigenvalue weighted by atomic mass is 9.78. The molecule has 6 nitrogen and oxygen atoms in total. The Labute approximate surface area is 377 Å². The monoisotopic (exact) mass is 843 g/mol. The lowest BCUT2D eigenvalue weighted by Crippen LogP contribution is -2.18. The number of unbranched alkanes of at least 4 members (excludes halogenated alkanes) is 10. The molecule has 6 aromatic carbocycles. The van der Waals surface area contributed by atoms with Gasteiger partial charge < -0.3 is 18.9 Å². The molecule has 0 heterocycles. The molecule has 6 aromatic rings. The van der Waals surface area contributed by atoms with Crippen LogP contribution in [0.4, 0.5) is 11.4 Å². The van der Waals surface area contributed by atoms with E-state index in [4.69, 9.17) is 18.9 Å². The number of ether oxygens (including phenoxy) is 4. The highest BCUT2D eigenvalue weighted by atomic mass is 16.5. The van der Waals surface area contributed by atoms with Gasteiger partial charge in [0, 0.05) is 17.8 Å². The average Bonchev–Trinajstić information content (AvgIpc) is 3.31. The van der Waals surface area contributed by atoms with Crippen molar-refractivity contribution in [1.29, 1.82) is 0 Å². The van der Waals surface area contributed by atoms with Crippen LogP contribution in [0.2, 0.25) is 0 Å². The van der Waals surface area contributed by atoms with Gasteiger partial charge >= 0.3 is 0 Å². The normalized spacial score (nSPS) is 11.6. The number of rotatable bonds is 26. The summed E-state index contributed by atoms with van der Waals surface area (Å²) in [7, 11) is 0. The molecule has 0 aromatic heterocycles. The topological polar surface area (TPSA) is 61.6 Å². The molecule has 0 aliphatic heterocycles. The number of nitrogens with zero attached hydrogens (tertiary/aromatic N) is 2. The molecular weight excluding hydrogens is 777 g/mol. The maximum atomic E-state index is 6.19. The SMILES string of the molecule is CCCCCCCCOc1ccc(C=Nc2ccc(Oc3ccc(C(C)(C)c4ccc(Oc5ccc(N=Cc6ccc(OCCCCCCCC)cc6)cc5)cc4)cc3)cc2)cc1. The quantitative estimate of drug-likeness (QED) is 0.0403. The molecule has 328 valence electrons. The van der Waals surface area contributed by atoms with Crippen molar-refractivity contribution in [2.75, 3.05) is 13.2 Å². The van der Waals surface area contributed by atoms with Crippen molar-refractivity contribution in [3.8, 4) is 34.5 Å². The molecule has 0 saturated carbocycles. The van der Waals surface area contributed by atoms with E-state index in [1.165, 1.54) is 75.3 Å². The van der Waals surface area contributed by atoms with E-state index in [9.17, 15) is 0 Å². The fourth-order valence-electron chi connectivity index (χ4n) is 7.26. The first kappa shape index (κ1) is 46.4. The van der Waals surface area contributed by atoms with Gasteiger partial charge in [-0.3, -0.25) is 9.98 Å². The number of hydrogen-bond acceptors (Lipinski definition) is 6. The van der Waals surface area contributed by atoms with Crippen LogP contribution < -0.4 is 18.9 Å². The molecule has 0 bridgehead atoms. The minimum Gasteiger partial charge on any atom is -0.494 e. The lowest BCUT2D eigenvalue weighted by Gasteiger charge is -2.26. The van der Waals surface area contributed by atoms with Crippen LogP contribution in [0.1, 0.15) is 127 Å². The van der Waals surface area contributed by atoms with Crippen LogP contribution in [0.15, 0.2) is 156 Å². The third-order valence-electron chi connectivity index (χ3n) is 11.3. The summed E-state index contributed by atoms with van der Waals surface area (Å²) in [5.41, 5.74) is 5.93. The Morgan fingerprint density at radius 2 is 0.667 bits per heavy atom. The lowest BCUT2D eigenvalue weighted by molar-refractivity contribution is 0.304. The maximum Gasteiger partial charge on any atom is 0.127 e. The van der Waals surface area contributed by atoms with Crippen LogP contribution in [0, 0.1) is 0 Å². The van der Waals surface area contributed by atoms with Crippen molar-refractivity contribution in [3.63, 3.8) is 0 Å². The molecule has 0 N–H and O–H groups in total. The molecular formula is C57H66N2O4. The van der Waals surface area contributed by atoms with E-state index in [0.717, 1.165) is 83.1 Å². The Morgan fingerprint density at radius 1 is 0.365 bits per heavy atom. The first-order chi connectivity index (χ1) is 30.9. The van der Waals surface area contributed by atoms with Crippen molar-refractivity contribution in [2.45, 2.75) is 110 Å². The van der Waals surface area contributed by atoms with E-state index in [-0.39, 0.29) is 5.41 Å². The summed E-state index contributed by atoms with van der Waals surface area (Å²) in [5, 5.41) is 0. The van der Waals surface area contributed by atoms with Crippen LogP contribution in [0.3, 0.4) is 0 Å². The first-order valence-corrected chi connectivity index (χ1v) is 23.2. The van der Waals surface area contributed by atoms with Crippen LogP contribution in [0.5, 0.6) is 34.5 Å². The molecule has 6 heteroatoms. The molecule has 63 heavy (non-hydrogen) atoms. The summed E-state index contributed by atoms with van der Waals surface area (Å²) in [5.74, 6) is 4.89. The first-order valence-electron chi connectivity index (χ1n) is 23.2. The highest BCUT2D eigenvalue weighted by Crippen LogP contribution is 2.35. The smallest absolute Gasteiger partial charge is 0.127 e. The van der Waals surface area contributed by atoms with Crippen LogP contribution in [0.25, 0.3) is 0 Å². The Hall–Kier alpha value is -6.14. The third-order valence-corrected chi connectivity index (χ3v) is 11.3. The fourth-order valence-corrected chi connectivity index (χ4v) is 7.26. The Kier molecular flexibility index (Phi) is 18.5. The molecule has 6 rings (SSSR count). The van der Waals surface area contributed by atoms with E-state index in [1.54, 1.807) is 0 Å². The molecule has 0 amide bonds. The van der Waals surface area contributed by atoms with Gasteiger partial charge in [-0.15, -0.1) is 0 Å². The van der Waals surface area contributed by atoms with Crippen molar-refractivity contribution >= 4 is 23.8 Å². The molecule has 0 atom stereocenters. The van der Waals surface area contributed by atoms with E-state index >= 15 is 0 Å². The second kappa shape index (κ2) is 25.1. The Balaban J connectivity index is 0.923. The molecule has 0 saturated heterocycles. The van der Waals surface area contributed by atoms with Crippen molar-refractivity contribution in [3.05, 3.63) is 168 Å². The minimum absolute atomic E-state index is 0.224. The number of benzene rings is 6. The summed E-state index contributed by atoms with van der Waals surface area (Å²) < 4.78 is 24.2. The zero-order valence-corrected chi connectivity index (χ0v) is 37.9. The second-order valence-corrected chi connectivity index (χ2v) is 16.8. The van der Waals surface area contributed by atoms with Gasteiger partial charge in [-0.25, -0.2) is 0 Å². The molecule has 0 fully saturated rings. The van der Waals surface area contributed by atoms with Crippen molar-refractivity contribution in [2.24, 2.45) is 9.98 Å². The molecule has 0 unspecified atom stereocenters. The fraction of sp³-hybridized carbons (Fsp3) is 0.333. The van der Waals surface area contributed by atoms with Gasteiger partial charge in [0.1, 0.15) is 34.5 Å². The standard InChI is InChI=1S/C57H66N2O4/c1-5-7-9-11-13-15-41-60-51-29-17-45(18-30-51)43-58-49-25-37-55(38-26-49)62-53-33-21-47(22-34-53)57(3,4)48-23-35-54(36-24-48)63-56-39-27-50(28-40-56)59-44-46-19-31-52(32-20-46)61-42-16-14-12-10-8-6-2/h17-40,43-44H,5-16,41-42H2,1-4H3. The van der Waals surface area contributed by atoms with Gasteiger partial charge in [-0.1, -0.05) is 116 Å². The highest BCUT2D eigenvalue weighted by Gasteiger charge is 2.23. The summed E-state index contributed by atoms with van der Waals surface area (Å²) >= 11 is 0. The van der Waals surface area contributed by atoms with E-state index in [0.29, 0.717) is 0 Å². The average molecular weight is 843 g/mol. The molecule has 0 spiro atoms. The zero-order chi connectivity index (χ0) is 44.0. The van der Waals surface area contributed by atoms with Gasteiger partial charge in [0.25, 0.3) is 0 Å². The van der Waals surface area contributed by atoms with Gasteiger partial charge in [0.05, 0.1) is 24.6 Å². The molecule has 0 aliphatic carbocycles. The summed E-state index contributed by atoms with van der Waals surface area (Å²) in [6.45, 7) is 10.5. The number of aliphatic imine (C=N–C) groups is 2. The molecule has 0 radical (unpaired) electrons. The second-order valence-electron chi connectivity index (χ2n) is 16.8. The summed E-state index contributed by atoms with van der Waals surface area (Å²) in [6, 6.07) is 48.5. The predicted molar refractivity (Wildman–Crippen MR) is 263 cm³/mol. The maximum absolute atomic E-state index is 6.19. The zero-order valence-electron chi connectivity index (χ0n) is 37.9. The van der Waals surface area contributed by atoms with Crippen LogP contribution in [-0.4, -0.2) is 25.6 Å². The largest absolute Gasteiger partial charge is 0.494 e. The van der Waals surface area contributed by atoms with Crippen LogP contribution in [-0.2, 0) is 5.41 Å². The minimum atomic E-state index is -0.224. The Bertz CT molecular complexity index is 2080. The van der Waals surface area contributed by atoms with E-state index < -0.39 is 0 Å².